The van der Waals surface area contributed by atoms with E-state index in [1.165, 1.54) is 131 Å². The summed E-state index contributed by atoms with van der Waals surface area (Å²) in [5, 5.41) is 5.38. The monoisotopic (exact) mass is 812 g/mol. The van der Waals surface area contributed by atoms with Crippen LogP contribution in [-0.4, -0.2) is 11.4 Å². The maximum absolute atomic E-state index is 2.72. The third-order valence-electron chi connectivity index (χ3n) is 15.5. The van der Waals surface area contributed by atoms with Crippen molar-refractivity contribution in [1.82, 2.24) is 4.57 Å². The Labute approximate surface area is 367 Å². The summed E-state index contributed by atoms with van der Waals surface area (Å²) in [6.07, 6.45) is 0. The molecule has 296 valence electrons. The number of rotatable bonds is 1. The Morgan fingerprint density at radius 1 is 0.516 bits per heavy atom. The molecular weight excluding hydrogens is 768 g/mol. The standard InChI is InChI=1S/C58H45BN2S/c1-56(2,3)32-20-22-33(23-21-32)61-48-29-41-35-15-10-13-19-50(35)62-51(41)30-40(48)36-24-25-38-53-47(27-26-44-52(53)37-16-9-12-18-43(37)57(44,4)5)60-49-31-45-39(28-46(49)59(61)54(36)55(38)60)34-14-8-11-17-42(34)58(45,6)7/h8-31H,1-7H3. The summed E-state index contributed by atoms with van der Waals surface area (Å²) in [4.78, 5) is 2.72. The molecule has 14 rings (SSSR count). The smallest absolute Gasteiger partial charge is 0.333 e. The Balaban J connectivity index is 1.17. The molecule has 0 radical (unpaired) electrons. The predicted molar refractivity (Wildman–Crippen MR) is 267 cm³/mol. The average molecular weight is 813 g/mol. The summed E-state index contributed by atoms with van der Waals surface area (Å²) < 4.78 is 5.36. The lowest BCUT2D eigenvalue weighted by Gasteiger charge is -2.42. The molecule has 10 aromatic rings. The van der Waals surface area contributed by atoms with Crippen LogP contribution in [0, 0.1) is 0 Å². The van der Waals surface area contributed by atoms with Crippen LogP contribution >= 0.6 is 11.3 Å². The first-order chi connectivity index (χ1) is 29.9. The highest BCUT2D eigenvalue weighted by Gasteiger charge is 2.47. The molecule has 0 saturated heterocycles. The van der Waals surface area contributed by atoms with E-state index < -0.39 is 0 Å². The minimum absolute atomic E-state index is 0.0470. The van der Waals surface area contributed by atoms with Gasteiger partial charge < -0.3 is 9.38 Å². The number of hydrogen-bond donors (Lipinski definition) is 0. The SMILES string of the molecule is CC(C)(C)c1ccc(N2B3c4cc5c(cc4-n4c6ccc7c(c6c6ccc(c3c64)-c3cc4sc6ccccc6c4cc32)-c2ccccc2C7(C)C)C(C)(C)c2ccccc2-5)cc1. The van der Waals surface area contributed by atoms with Crippen LogP contribution in [0.25, 0.3) is 81.0 Å². The van der Waals surface area contributed by atoms with Gasteiger partial charge in [0.1, 0.15) is 0 Å². The van der Waals surface area contributed by atoms with Crippen LogP contribution < -0.4 is 15.7 Å². The molecule has 0 unspecified atom stereocenters. The summed E-state index contributed by atoms with van der Waals surface area (Å²) in [5.41, 5.74) is 24.1. The molecule has 2 aliphatic carbocycles. The summed E-state index contributed by atoms with van der Waals surface area (Å²) in [5.74, 6) is 0. The highest BCUT2D eigenvalue weighted by molar-refractivity contribution is 7.25. The lowest BCUT2D eigenvalue weighted by atomic mass is 9.43. The average Bonchev–Trinajstić information content (AvgIpc) is 3.95. The zero-order valence-corrected chi connectivity index (χ0v) is 37.1. The lowest BCUT2D eigenvalue weighted by molar-refractivity contribution is 0.590. The van der Waals surface area contributed by atoms with Crippen LogP contribution in [0.2, 0.25) is 0 Å². The van der Waals surface area contributed by atoms with Gasteiger partial charge in [-0.3, -0.25) is 0 Å². The van der Waals surface area contributed by atoms with E-state index in [0.29, 0.717) is 0 Å². The molecule has 0 amide bonds. The van der Waals surface area contributed by atoms with Crippen molar-refractivity contribution in [3.63, 3.8) is 0 Å². The number of hydrogen-bond acceptors (Lipinski definition) is 2. The molecule has 4 aliphatic rings. The fourth-order valence-electron chi connectivity index (χ4n) is 12.5. The van der Waals surface area contributed by atoms with Crippen LogP contribution in [0.4, 0.5) is 11.4 Å². The van der Waals surface area contributed by atoms with E-state index in [1.54, 1.807) is 0 Å². The van der Waals surface area contributed by atoms with Crippen molar-refractivity contribution in [2.24, 2.45) is 0 Å². The molecule has 4 heteroatoms. The molecule has 0 atom stereocenters. The van der Waals surface area contributed by atoms with Gasteiger partial charge in [-0.2, -0.15) is 0 Å². The van der Waals surface area contributed by atoms with Crippen molar-refractivity contribution in [2.75, 3.05) is 4.81 Å². The van der Waals surface area contributed by atoms with E-state index in [0.717, 1.165) is 0 Å². The Bertz CT molecular complexity index is 3680. The number of aromatic nitrogens is 1. The molecule has 0 fully saturated rings. The van der Waals surface area contributed by atoms with E-state index >= 15 is 0 Å². The van der Waals surface area contributed by atoms with Gasteiger partial charge in [-0.25, -0.2) is 0 Å². The first-order valence-corrected chi connectivity index (χ1v) is 23.1. The van der Waals surface area contributed by atoms with Gasteiger partial charge in [0.25, 0.3) is 0 Å². The molecule has 2 aliphatic heterocycles. The molecule has 0 saturated carbocycles. The minimum atomic E-state index is -0.136. The molecule has 0 bridgehead atoms. The molecule has 2 nitrogen and oxygen atoms in total. The third-order valence-corrected chi connectivity index (χ3v) is 16.7. The van der Waals surface area contributed by atoms with Crippen molar-refractivity contribution < 1.29 is 0 Å². The largest absolute Gasteiger partial charge is 0.376 e. The van der Waals surface area contributed by atoms with Gasteiger partial charge in [0.05, 0.1) is 11.0 Å². The number of anilines is 2. The van der Waals surface area contributed by atoms with E-state index in [9.17, 15) is 0 Å². The Morgan fingerprint density at radius 3 is 2.02 bits per heavy atom. The van der Waals surface area contributed by atoms with Gasteiger partial charge in [0, 0.05) is 64.4 Å². The second-order valence-electron chi connectivity index (χ2n) is 20.5. The number of fused-ring (bicyclic) bond motifs is 18. The summed E-state index contributed by atoms with van der Waals surface area (Å²) in [6, 6.07) is 56.9. The molecule has 62 heavy (non-hydrogen) atoms. The Hall–Kier alpha value is -6.36. The van der Waals surface area contributed by atoms with Gasteiger partial charge in [0.2, 0.25) is 0 Å². The normalized spacial score (nSPS) is 15.9. The Morgan fingerprint density at radius 2 is 1.23 bits per heavy atom. The predicted octanol–water partition coefficient (Wildman–Crippen LogP) is 14.3. The molecular formula is C58H45BN2S. The van der Waals surface area contributed by atoms with Gasteiger partial charge in [-0.15, -0.1) is 11.3 Å². The number of thiophene rings is 1. The van der Waals surface area contributed by atoms with Crippen LogP contribution in [-0.2, 0) is 16.2 Å². The van der Waals surface area contributed by atoms with Crippen LogP contribution in [0.1, 0.15) is 76.3 Å². The third kappa shape index (κ3) is 4.18. The van der Waals surface area contributed by atoms with Gasteiger partial charge in [-0.1, -0.05) is 152 Å². The lowest BCUT2D eigenvalue weighted by Crippen LogP contribution is -2.60. The Kier molecular flexibility index (Phi) is 6.46. The second-order valence-corrected chi connectivity index (χ2v) is 21.6. The maximum atomic E-state index is 2.72. The second kappa shape index (κ2) is 11.4. The van der Waals surface area contributed by atoms with Crippen LogP contribution in [0.15, 0.2) is 146 Å². The summed E-state index contributed by atoms with van der Waals surface area (Å²) >= 11 is 1.91. The zero-order valence-electron chi connectivity index (χ0n) is 36.2. The first-order valence-electron chi connectivity index (χ1n) is 22.3. The van der Waals surface area contributed by atoms with Crippen LogP contribution in [0.5, 0.6) is 0 Å². The molecule has 0 N–H and O–H groups in total. The first kappa shape index (κ1) is 35.3. The van der Waals surface area contributed by atoms with Crippen LogP contribution in [0.3, 0.4) is 0 Å². The minimum Gasteiger partial charge on any atom is -0.376 e. The number of nitrogens with zero attached hydrogens (tertiary/aromatic N) is 2. The van der Waals surface area contributed by atoms with E-state index in [-0.39, 0.29) is 23.1 Å². The van der Waals surface area contributed by atoms with E-state index in [2.05, 4.69) is 203 Å². The van der Waals surface area contributed by atoms with Crippen molar-refractivity contribution in [3.05, 3.63) is 173 Å². The molecule has 0 spiro atoms. The molecule has 2 aromatic heterocycles. The fraction of sp³-hybridized carbons (Fsp3) is 0.172. The topological polar surface area (TPSA) is 8.17 Å². The maximum Gasteiger partial charge on any atom is 0.333 e. The van der Waals surface area contributed by atoms with Crippen molar-refractivity contribution >= 4 is 82.5 Å². The highest BCUT2D eigenvalue weighted by atomic mass is 32.1. The summed E-state index contributed by atoms with van der Waals surface area (Å²) in [6.45, 7) is 16.5. The van der Waals surface area contributed by atoms with Crippen molar-refractivity contribution in [2.45, 2.75) is 64.7 Å². The van der Waals surface area contributed by atoms with E-state index in [4.69, 9.17) is 0 Å². The zero-order chi connectivity index (χ0) is 41.8. The van der Waals surface area contributed by atoms with Gasteiger partial charge in [0.15, 0.2) is 0 Å². The van der Waals surface area contributed by atoms with Gasteiger partial charge >= 0.3 is 6.85 Å². The van der Waals surface area contributed by atoms with Crippen molar-refractivity contribution in [3.8, 4) is 39.1 Å². The van der Waals surface area contributed by atoms with Gasteiger partial charge in [-0.05, 0) is 114 Å². The quantitative estimate of drug-likeness (QED) is 0.150. The van der Waals surface area contributed by atoms with E-state index in [1.807, 2.05) is 11.3 Å². The fourth-order valence-corrected chi connectivity index (χ4v) is 13.6. The van der Waals surface area contributed by atoms with Crippen molar-refractivity contribution in [1.29, 1.82) is 0 Å². The highest BCUT2D eigenvalue weighted by Crippen LogP contribution is 2.56. The molecule has 8 aromatic carbocycles. The molecule has 4 heterocycles. The number of benzene rings is 8. The summed E-state index contributed by atoms with van der Waals surface area (Å²) in [7, 11) is 0.